The number of carbonyl (C=O) groups is 1. The molecule has 4 N–H and O–H groups in total. The first kappa shape index (κ1) is 17.2. The normalized spacial score (nSPS) is 21.6. The van der Waals surface area contributed by atoms with Gasteiger partial charge in [-0.1, -0.05) is 18.2 Å². The van der Waals surface area contributed by atoms with E-state index >= 15 is 0 Å². The molecule has 1 saturated carbocycles. The van der Waals surface area contributed by atoms with Gasteiger partial charge in [-0.3, -0.25) is 4.79 Å². The van der Waals surface area contributed by atoms with E-state index in [1.807, 2.05) is 29.2 Å². The largest absolute Gasteiger partial charge is 0.361 e. The Morgan fingerprint density at radius 3 is 2.88 bits per heavy atom. The van der Waals surface area contributed by atoms with Crippen molar-refractivity contribution in [1.29, 1.82) is 0 Å². The molecular weight excluding hydrogens is 344 g/mol. The molecule has 5 nitrogen and oxygen atoms in total. The molecule has 1 aromatic carbocycles. The van der Waals surface area contributed by atoms with E-state index in [0.29, 0.717) is 6.42 Å². The van der Waals surface area contributed by atoms with Crippen molar-refractivity contribution in [2.45, 2.75) is 50.1 Å². The van der Waals surface area contributed by atoms with Crippen molar-refractivity contribution in [2.75, 3.05) is 0 Å². The minimum atomic E-state index is -0.0387. The number of aromatic amines is 1. The summed E-state index contributed by atoms with van der Waals surface area (Å²) in [4.78, 5) is 20.6. The number of H-pyrrole nitrogens is 1. The summed E-state index contributed by atoms with van der Waals surface area (Å²) in [6.07, 6.45) is 6.35. The molecule has 0 saturated heterocycles. The highest BCUT2D eigenvalue weighted by Crippen LogP contribution is 2.33. The summed E-state index contributed by atoms with van der Waals surface area (Å²) in [5.74, 6) is 0.0528. The maximum atomic E-state index is 12.8. The van der Waals surface area contributed by atoms with Gasteiger partial charge in [0.2, 0.25) is 5.91 Å². The lowest BCUT2D eigenvalue weighted by atomic mass is 9.90. The van der Waals surface area contributed by atoms with E-state index in [0.717, 1.165) is 47.8 Å². The first-order valence-electron chi connectivity index (χ1n) is 9.19. The Bertz CT molecular complexity index is 865. The third kappa shape index (κ3) is 3.66. The number of thiazole rings is 1. The van der Waals surface area contributed by atoms with Crippen molar-refractivity contribution in [3.63, 3.8) is 0 Å². The average molecular weight is 369 g/mol. The SMILES string of the molecule is NC1CCC(NC(=O)CC(c2cscn2)c2c[nH]c3ccccc23)CC1. The van der Waals surface area contributed by atoms with Crippen molar-refractivity contribution < 1.29 is 4.79 Å². The van der Waals surface area contributed by atoms with Crippen molar-refractivity contribution in [3.05, 3.63) is 52.6 Å². The number of benzene rings is 1. The lowest BCUT2D eigenvalue weighted by Gasteiger charge is -2.27. The third-order valence-corrected chi connectivity index (χ3v) is 5.94. The number of hydrogen-bond donors (Lipinski definition) is 3. The fourth-order valence-electron chi connectivity index (χ4n) is 3.89. The zero-order valence-electron chi connectivity index (χ0n) is 14.7. The second-order valence-electron chi connectivity index (χ2n) is 7.14. The molecule has 2 aromatic heterocycles. The van der Waals surface area contributed by atoms with Gasteiger partial charge in [-0.15, -0.1) is 11.3 Å². The van der Waals surface area contributed by atoms with Crippen LogP contribution in [0.5, 0.6) is 0 Å². The number of nitrogens with one attached hydrogen (secondary N) is 2. The number of fused-ring (bicyclic) bond motifs is 1. The lowest BCUT2D eigenvalue weighted by molar-refractivity contribution is -0.122. The zero-order chi connectivity index (χ0) is 17.9. The molecule has 0 spiro atoms. The van der Waals surface area contributed by atoms with Crippen molar-refractivity contribution >= 4 is 28.1 Å². The predicted molar refractivity (Wildman–Crippen MR) is 105 cm³/mol. The van der Waals surface area contributed by atoms with Gasteiger partial charge in [0.15, 0.2) is 0 Å². The van der Waals surface area contributed by atoms with Gasteiger partial charge in [0.05, 0.1) is 11.2 Å². The Labute approximate surface area is 157 Å². The highest BCUT2D eigenvalue weighted by atomic mass is 32.1. The lowest BCUT2D eigenvalue weighted by Crippen LogP contribution is -2.40. The summed E-state index contributed by atoms with van der Waals surface area (Å²) in [6, 6.07) is 8.74. The van der Waals surface area contributed by atoms with E-state index in [1.165, 1.54) is 0 Å². The third-order valence-electron chi connectivity index (χ3n) is 5.33. The molecule has 6 heteroatoms. The number of rotatable bonds is 5. The van der Waals surface area contributed by atoms with Crippen LogP contribution in [-0.4, -0.2) is 28.0 Å². The topological polar surface area (TPSA) is 83.8 Å². The summed E-state index contributed by atoms with van der Waals surface area (Å²) >= 11 is 1.57. The Morgan fingerprint density at radius 1 is 1.31 bits per heavy atom. The van der Waals surface area contributed by atoms with Crippen LogP contribution >= 0.6 is 11.3 Å². The highest BCUT2D eigenvalue weighted by molar-refractivity contribution is 7.07. The Morgan fingerprint density at radius 2 is 2.12 bits per heavy atom. The molecule has 3 aromatic rings. The number of aromatic nitrogens is 2. The molecule has 1 aliphatic carbocycles. The predicted octanol–water partition coefficient (Wildman–Crippen LogP) is 3.53. The van der Waals surface area contributed by atoms with Gasteiger partial charge >= 0.3 is 0 Å². The summed E-state index contributed by atoms with van der Waals surface area (Å²) in [6.45, 7) is 0. The molecule has 1 atom stereocenters. The van der Waals surface area contributed by atoms with Gasteiger partial charge in [0.25, 0.3) is 0 Å². The number of carbonyl (C=O) groups excluding carboxylic acids is 1. The van der Waals surface area contributed by atoms with Crippen LogP contribution in [0.4, 0.5) is 0 Å². The minimum Gasteiger partial charge on any atom is -0.361 e. The van der Waals surface area contributed by atoms with Gasteiger partial charge in [0.1, 0.15) is 0 Å². The van der Waals surface area contributed by atoms with Crippen LogP contribution in [0.2, 0.25) is 0 Å². The van der Waals surface area contributed by atoms with Gasteiger partial charge < -0.3 is 16.0 Å². The fourth-order valence-corrected chi connectivity index (χ4v) is 4.49. The van der Waals surface area contributed by atoms with E-state index in [9.17, 15) is 4.79 Å². The van der Waals surface area contributed by atoms with E-state index in [2.05, 4.69) is 27.4 Å². The van der Waals surface area contributed by atoms with Gasteiger partial charge in [-0.2, -0.15) is 0 Å². The maximum Gasteiger partial charge on any atom is 0.221 e. The molecule has 2 heterocycles. The van der Waals surface area contributed by atoms with Crippen LogP contribution in [0.3, 0.4) is 0 Å². The van der Waals surface area contributed by atoms with Crippen LogP contribution < -0.4 is 11.1 Å². The van der Waals surface area contributed by atoms with Crippen molar-refractivity contribution in [3.8, 4) is 0 Å². The Hall–Kier alpha value is -2.18. The first-order valence-corrected chi connectivity index (χ1v) is 10.1. The Balaban J connectivity index is 1.54. The van der Waals surface area contributed by atoms with Crippen molar-refractivity contribution in [1.82, 2.24) is 15.3 Å². The molecule has 0 radical (unpaired) electrons. The van der Waals surface area contributed by atoms with Crippen LogP contribution in [0.1, 0.15) is 49.3 Å². The maximum absolute atomic E-state index is 12.8. The number of nitrogens with two attached hydrogens (primary N) is 1. The summed E-state index contributed by atoms with van der Waals surface area (Å²) in [5.41, 5.74) is 11.0. The quantitative estimate of drug-likeness (QED) is 0.644. The molecule has 136 valence electrons. The van der Waals surface area contributed by atoms with Crippen LogP contribution in [0.25, 0.3) is 10.9 Å². The highest BCUT2D eigenvalue weighted by Gasteiger charge is 2.25. The molecule has 1 fully saturated rings. The molecular formula is C20H24N4OS. The second-order valence-corrected chi connectivity index (χ2v) is 7.86. The van der Waals surface area contributed by atoms with Crippen molar-refractivity contribution in [2.24, 2.45) is 5.73 Å². The summed E-state index contributed by atoms with van der Waals surface area (Å²) in [7, 11) is 0. The van der Waals surface area contributed by atoms with Gasteiger partial charge in [-0.25, -0.2) is 4.98 Å². The summed E-state index contributed by atoms with van der Waals surface area (Å²) in [5, 5.41) is 6.41. The first-order chi connectivity index (χ1) is 12.7. The molecule has 4 rings (SSSR count). The Kier molecular flexibility index (Phi) is 5.04. The van der Waals surface area contributed by atoms with Crippen LogP contribution in [0, 0.1) is 0 Å². The number of nitrogens with zero attached hydrogens (tertiary/aromatic N) is 1. The number of hydrogen-bond acceptors (Lipinski definition) is 4. The minimum absolute atomic E-state index is 0.0387. The number of para-hydroxylation sites is 1. The molecule has 1 aliphatic rings. The van der Waals surface area contributed by atoms with E-state index in [1.54, 1.807) is 11.3 Å². The second kappa shape index (κ2) is 7.60. The molecule has 0 bridgehead atoms. The average Bonchev–Trinajstić information content (AvgIpc) is 3.32. The van der Waals surface area contributed by atoms with Gasteiger partial charge in [0, 0.05) is 46.9 Å². The fraction of sp³-hybridized carbons (Fsp3) is 0.400. The van der Waals surface area contributed by atoms with E-state index in [4.69, 9.17) is 5.73 Å². The van der Waals surface area contributed by atoms with Gasteiger partial charge in [-0.05, 0) is 37.3 Å². The number of amides is 1. The molecule has 1 amide bonds. The zero-order valence-corrected chi connectivity index (χ0v) is 15.5. The smallest absolute Gasteiger partial charge is 0.221 e. The molecule has 26 heavy (non-hydrogen) atoms. The standard InChI is InChI=1S/C20H24N4OS/c21-13-5-7-14(8-6-13)24-20(25)9-16(19-11-26-12-23-19)17-10-22-18-4-2-1-3-15(17)18/h1-4,10-14,16,22H,5-9,21H2,(H,24,25). The summed E-state index contributed by atoms with van der Waals surface area (Å²) < 4.78 is 0. The van der Waals surface area contributed by atoms with Crippen LogP contribution in [-0.2, 0) is 4.79 Å². The monoisotopic (exact) mass is 368 g/mol. The van der Waals surface area contributed by atoms with E-state index < -0.39 is 0 Å². The molecule has 0 aliphatic heterocycles. The molecule has 1 unspecified atom stereocenters. The van der Waals surface area contributed by atoms with E-state index in [-0.39, 0.29) is 23.9 Å². The van der Waals surface area contributed by atoms with Crippen LogP contribution in [0.15, 0.2) is 41.4 Å².